The Labute approximate surface area is 152 Å². The first-order valence-electron chi connectivity index (χ1n) is 5.40. The SMILES string of the molecule is CN1CN(C)[C](=[Pt])N1.Fc1ccc(CN(I)I)cc1. The summed E-state index contributed by atoms with van der Waals surface area (Å²) in [6.07, 6.45) is 0. The maximum Gasteiger partial charge on any atom is 0.123 e. The molecular formula is C11H15FI2N4Pt. The normalized spacial score (nSPS) is 16.7. The summed E-state index contributed by atoms with van der Waals surface area (Å²) in [5.74, 6) is -0.179. The van der Waals surface area contributed by atoms with E-state index in [0.29, 0.717) is 0 Å². The molecule has 0 radical (unpaired) electrons. The molecule has 19 heavy (non-hydrogen) atoms. The maximum absolute atomic E-state index is 12.4. The second kappa shape index (κ2) is 9.11. The molecule has 0 saturated carbocycles. The number of nitrogens with one attached hydrogen (secondary N) is 1. The third-order valence-corrected chi connectivity index (χ3v) is 4.03. The van der Waals surface area contributed by atoms with Gasteiger partial charge in [-0.1, -0.05) is 12.1 Å². The van der Waals surface area contributed by atoms with Crippen LogP contribution in [-0.2, 0) is 25.9 Å². The van der Waals surface area contributed by atoms with E-state index in [1.165, 1.54) is 16.3 Å². The fourth-order valence-corrected chi connectivity index (χ4v) is 2.75. The molecule has 1 aromatic carbocycles. The van der Waals surface area contributed by atoms with E-state index in [2.05, 4.69) is 82.5 Å². The third-order valence-electron chi connectivity index (χ3n) is 2.23. The number of nitrogens with zero attached hydrogens (tertiary/aromatic N) is 3. The molecular weight excluding hydrogens is 656 g/mol. The van der Waals surface area contributed by atoms with Crippen molar-refractivity contribution >= 4 is 49.9 Å². The first kappa shape index (κ1) is 18.1. The standard InChI is InChI=1S/C7H6FI2N.C4H9N3.Pt/c8-7-3-1-6(2-4-7)5-11(9)10;1-6-3-5-7(2)4-6;/h1-4H,5H2;5H,4H2,1-2H3;. The Hall–Kier alpha value is 1.01. The zero-order valence-corrected chi connectivity index (χ0v) is 17.1. The molecule has 0 amide bonds. The van der Waals surface area contributed by atoms with Gasteiger partial charge in [0.05, 0.1) is 0 Å². The van der Waals surface area contributed by atoms with Crippen molar-refractivity contribution in [3.8, 4) is 0 Å². The molecule has 0 atom stereocenters. The summed E-state index contributed by atoms with van der Waals surface area (Å²) in [7, 11) is 4.07. The van der Waals surface area contributed by atoms with Crippen molar-refractivity contribution in [3.63, 3.8) is 0 Å². The summed E-state index contributed by atoms with van der Waals surface area (Å²) >= 11 is 6.61. The topological polar surface area (TPSA) is 21.8 Å². The van der Waals surface area contributed by atoms with Gasteiger partial charge in [0.2, 0.25) is 0 Å². The van der Waals surface area contributed by atoms with Crippen LogP contribution < -0.4 is 5.43 Å². The van der Waals surface area contributed by atoms with Gasteiger partial charge in [0.25, 0.3) is 0 Å². The monoisotopic (exact) mass is 671 g/mol. The molecule has 1 aliphatic heterocycles. The molecule has 0 aromatic heterocycles. The molecule has 1 aliphatic rings. The summed E-state index contributed by atoms with van der Waals surface area (Å²) in [4.78, 5) is 2.14. The minimum absolute atomic E-state index is 0.179. The molecule has 2 rings (SSSR count). The maximum atomic E-state index is 12.4. The minimum atomic E-state index is -0.179. The number of hydrogen-bond acceptors (Lipinski definition) is 4. The number of hydrazine groups is 1. The summed E-state index contributed by atoms with van der Waals surface area (Å²) in [5.41, 5.74) is 4.25. The van der Waals surface area contributed by atoms with Gasteiger partial charge in [-0.3, -0.25) is 0 Å². The molecule has 4 nitrogen and oxygen atoms in total. The number of rotatable bonds is 2. The minimum Gasteiger partial charge on any atom is -0.207 e. The van der Waals surface area contributed by atoms with E-state index in [1.807, 2.05) is 13.4 Å². The van der Waals surface area contributed by atoms with Crippen LogP contribution in [0.25, 0.3) is 0 Å². The molecule has 0 bridgehead atoms. The smallest absolute Gasteiger partial charge is 0.123 e. The van der Waals surface area contributed by atoms with Gasteiger partial charge in [0.1, 0.15) is 5.82 Å². The van der Waals surface area contributed by atoms with Crippen molar-refractivity contribution in [1.82, 2.24) is 16.7 Å². The first-order chi connectivity index (χ1) is 8.88. The van der Waals surface area contributed by atoms with Gasteiger partial charge < -0.3 is 0 Å². The Balaban J connectivity index is 0.000000200. The summed E-state index contributed by atoms with van der Waals surface area (Å²) in [5, 5.41) is 2.03. The fourth-order valence-electron chi connectivity index (χ4n) is 1.37. The van der Waals surface area contributed by atoms with Crippen molar-refractivity contribution in [3.05, 3.63) is 35.6 Å². The molecule has 1 aromatic rings. The van der Waals surface area contributed by atoms with Crippen molar-refractivity contribution in [2.75, 3.05) is 20.8 Å². The first-order valence-corrected chi connectivity index (χ1v) is 8.47. The molecule has 1 N–H and O–H groups in total. The number of benzene rings is 1. The Morgan fingerprint density at radius 1 is 1.32 bits per heavy atom. The zero-order valence-electron chi connectivity index (χ0n) is 10.5. The Morgan fingerprint density at radius 3 is 2.21 bits per heavy atom. The third kappa shape index (κ3) is 7.54. The molecule has 1 fully saturated rings. The van der Waals surface area contributed by atoms with Gasteiger partial charge in [0.15, 0.2) is 0 Å². The van der Waals surface area contributed by atoms with Gasteiger partial charge >= 0.3 is 59.6 Å². The molecule has 0 aliphatic carbocycles. The Kier molecular flexibility index (Phi) is 8.66. The van der Waals surface area contributed by atoms with Crippen LogP contribution >= 0.6 is 45.7 Å². The predicted molar refractivity (Wildman–Crippen MR) is 88.5 cm³/mol. The van der Waals surface area contributed by atoms with Gasteiger partial charge in [-0.2, -0.15) is 1.33 Å². The Morgan fingerprint density at radius 2 is 1.89 bits per heavy atom. The number of halogens is 3. The van der Waals surface area contributed by atoms with Crippen LogP contribution in [0.1, 0.15) is 5.56 Å². The van der Waals surface area contributed by atoms with Gasteiger partial charge in [-0.15, -0.1) is 0 Å². The van der Waals surface area contributed by atoms with Crippen molar-refractivity contribution in [1.29, 1.82) is 0 Å². The number of hydrogen-bond donors (Lipinski definition) is 1. The van der Waals surface area contributed by atoms with Gasteiger partial charge in [0, 0.05) is 52.3 Å². The molecule has 0 spiro atoms. The van der Waals surface area contributed by atoms with Crippen LogP contribution in [0.2, 0.25) is 0 Å². The average Bonchev–Trinajstić information content (AvgIpc) is 2.60. The van der Waals surface area contributed by atoms with Crippen LogP contribution in [0, 0.1) is 5.82 Å². The van der Waals surface area contributed by atoms with Crippen molar-refractivity contribution in [2.45, 2.75) is 6.54 Å². The largest absolute Gasteiger partial charge is 0.207 e. The van der Waals surface area contributed by atoms with Crippen LogP contribution in [-0.4, -0.2) is 36.1 Å². The molecule has 8 heteroatoms. The van der Waals surface area contributed by atoms with Gasteiger partial charge in [-0.05, 0) is 17.7 Å². The zero-order chi connectivity index (χ0) is 14.4. The molecule has 110 valence electrons. The van der Waals surface area contributed by atoms with Crippen molar-refractivity contribution < 1.29 is 23.7 Å². The average molecular weight is 671 g/mol. The molecule has 1 saturated heterocycles. The van der Waals surface area contributed by atoms with Crippen molar-refractivity contribution in [2.24, 2.45) is 0 Å². The Bertz CT molecular complexity index is 416. The van der Waals surface area contributed by atoms with Gasteiger partial charge in [-0.25, -0.2) is 4.39 Å². The molecule has 1 heterocycles. The second-order valence-corrected chi connectivity index (χ2v) is 9.25. The van der Waals surface area contributed by atoms with Crippen LogP contribution in [0.5, 0.6) is 0 Å². The van der Waals surface area contributed by atoms with E-state index in [0.717, 1.165) is 18.8 Å². The predicted octanol–water partition coefficient (Wildman–Crippen LogP) is 2.29. The fraction of sp³-hybridized carbons (Fsp3) is 0.364. The van der Waals surface area contributed by atoms with Crippen LogP contribution in [0.3, 0.4) is 0 Å². The van der Waals surface area contributed by atoms with E-state index in [1.54, 1.807) is 12.1 Å². The second-order valence-electron chi connectivity index (χ2n) is 4.00. The van der Waals surface area contributed by atoms with Crippen LogP contribution in [0.4, 0.5) is 4.39 Å². The van der Waals surface area contributed by atoms with E-state index in [-0.39, 0.29) is 5.82 Å². The summed E-state index contributed by atoms with van der Waals surface area (Å²) < 4.78 is 15.6. The van der Waals surface area contributed by atoms with Crippen LogP contribution in [0.15, 0.2) is 24.3 Å². The summed E-state index contributed by atoms with van der Waals surface area (Å²) in [6, 6.07) is 6.54. The van der Waals surface area contributed by atoms with E-state index < -0.39 is 0 Å². The van der Waals surface area contributed by atoms with E-state index >= 15 is 0 Å². The van der Waals surface area contributed by atoms with E-state index in [9.17, 15) is 4.39 Å². The van der Waals surface area contributed by atoms with E-state index in [4.69, 9.17) is 0 Å². The molecule has 0 unspecified atom stereocenters. The quantitative estimate of drug-likeness (QED) is 0.386. The summed E-state index contributed by atoms with van der Waals surface area (Å²) in [6.45, 7) is 1.81.